The summed E-state index contributed by atoms with van der Waals surface area (Å²) in [5.74, 6) is 0.571. The number of pyridine rings is 1. The minimum Gasteiger partial charge on any atom is -0.484 e. The summed E-state index contributed by atoms with van der Waals surface area (Å²) in [4.78, 5) is 12.3. The Kier molecular flexibility index (Phi) is 3.31. The minimum absolute atomic E-state index is 0.219. The number of nitrogens with zero attached hydrogens (tertiary/aromatic N) is 2. The summed E-state index contributed by atoms with van der Waals surface area (Å²) in [6, 6.07) is 11.3. The molecule has 1 aliphatic heterocycles. The molecule has 0 saturated carbocycles. The topological polar surface area (TPSA) is 75.2 Å². The Bertz CT molecular complexity index is 859. The van der Waals surface area contributed by atoms with E-state index in [0.717, 1.165) is 0 Å². The van der Waals surface area contributed by atoms with E-state index < -0.39 is 17.2 Å². The van der Waals surface area contributed by atoms with Crippen LogP contribution in [0, 0.1) is 11.3 Å². The highest BCUT2D eigenvalue weighted by atomic mass is 16.5. The van der Waals surface area contributed by atoms with Crippen molar-refractivity contribution >= 4 is 0 Å². The van der Waals surface area contributed by atoms with E-state index in [1.807, 2.05) is 0 Å². The van der Waals surface area contributed by atoms with Crippen molar-refractivity contribution in [1.82, 2.24) is 4.57 Å². The molecular formula is C18H18N2O3. The third-order valence-corrected chi connectivity index (χ3v) is 4.68. The molecule has 2 aromatic rings. The van der Waals surface area contributed by atoms with Gasteiger partial charge in [-0.15, -0.1) is 0 Å². The molecule has 0 aliphatic carbocycles. The number of fused-ring (bicyclic) bond motifs is 1. The van der Waals surface area contributed by atoms with Crippen molar-refractivity contribution in [1.29, 1.82) is 5.26 Å². The van der Waals surface area contributed by atoms with Gasteiger partial charge in [-0.25, -0.2) is 0 Å². The molecule has 2 heterocycles. The number of hydrogen-bond acceptors (Lipinski definition) is 4. The van der Waals surface area contributed by atoms with Crippen LogP contribution < -0.4 is 10.3 Å². The summed E-state index contributed by atoms with van der Waals surface area (Å²) in [6.45, 7) is 5.23. The Labute approximate surface area is 134 Å². The van der Waals surface area contributed by atoms with Crippen molar-refractivity contribution in [2.45, 2.75) is 38.0 Å². The number of rotatable bonds is 1. The van der Waals surface area contributed by atoms with Crippen LogP contribution in [0.15, 0.2) is 47.4 Å². The van der Waals surface area contributed by atoms with Gasteiger partial charge in [0, 0.05) is 17.8 Å². The summed E-state index contributed by atoms with van der Waals surface area (Å²) < 4.78 is 7.44. The maximum Gasteiger partial charge on any atom is 0.251 e. The largest absolute Gasteiger partial charge is 0.484 e. The zero-order valence-electron chi connectivity index (χ0n) is 13.3. The molecule has 23 heavy (non-hydrogen) atoms. The lowest BCUT2D eigenvalue weighted by molar-refractivity contribution is -0.139. The van der Waals surface area contributed by atoms with Crippen LogP contribution >= 0.6 is 0 Å². The monoisotopic (exact) mass is 310 g/mol. The summed E-state index contributed by atoms with van der Waals surface area (Å²) >= 11 is 0. The second-order valence-corrected chi connectivity index (χ2v) is 6.47. The van der Waals surface area contributed by atoms with E-state index >= 15 is 0 Å². The van der Waals surface area contributed by atoms with Gasteiger partial charge in [0.05, 0.1) is 17.7 Å². The molecular weight excluding hydrogens is 292 g/mol. The summed E-state index contributed by atoms with van der Waals surface area (Å²) in [6.07, 6.45) is 1.64. The van der Waals surface area contributed by atoms with Gasteiger partial charge in [0.1, 0.15) is 17.0 Å². The lowest BCUT2D eigenvalue weighted by atomic mass is 9.75. The second kappa shape index (κ2) is 4.97. The molecule has 0 radical (unpaired) electrons. The lowest BCUT2D eigenvalue weighted by Gasteiger charge is -2.49. The van der Waals surface area contributed by atoms with E-state index in [4.69, 9.17) is 10.00 Å². The molecule has 1 N–H and O–H groups in total. The van der Waals surface area contributed by atoms with Crippen LogP contribution in [0.3, 0.4) is 0 Å². The van der Waals surface area contributed by atoms with Gasteiger partial charge in [-0.3, -0.25) is 4.79 Å². The summed E-state index contributed by atoms with van der Waals surface area (Å²) in [5.41, 5.74) is -1.39. The van der Waals surface area contributed by atoms with E-state index in [0.29, 0.717) is 16.9 Å². The standard InChI is InChI=1S/C18H18N2O3/c1-17(2)18(3,22)16(20-9-5-4-6-15(20)21)13-10-12(11-19)7-8-14(13)23-17/h4-10,16,22H,1-3H3/t16-,18+/m1/s1. The Balaban J connectivity index is 2.33. The number of aliphatic hydroxyl groups is 1. The van der Waals surface area contributed by atoms with E-state index in [2.05, 4.69) is 6.07 Å². The fraction of sp³-hybridized carbons (Fsp3) is 0.333. The van der Waals surface area contributed by atoms with E-state index in [1.165, 1.54) is 10.6 Å². The normalized spacial score (nSPS) is 25.1. The quantitative estimate of drug-likeness (QED) is 0.876. The first-order valence-electron chi connectivity index (χ1n) is 7.40. The third-order valence-electron chi connectivity index (χ3n) is 4.68. The van der Waals surface area contributed by atoms with Crippen LogP contribution in [0.5, 0.6) is 5.75 Å². The zero-order chi connectivity index (χ0) is 16.8. The predicted octanol–water partition coefficient (Wildman–Crippen LogP) is 2.23. The Morgan fingerprint density at radius 3 is 2.65 bits per heavy atom. The van der Waals surface area contributed by atoms with Crippen molar-refractivity contribution < 1.29 is 9.84 Å². The van der Waals surface area contributed by atoms with Crippen LogP contribution in [-0.4, -0.2) is 20.9 Å². The second-order valence-electron chi connectivity index (χ2n) is 6.47. The van der Waals surface area contributed by atoms with Gasteiger partial charge in [-0.2, -0.15) is 5.26 Å². The average molecular weight is 310 g/mol. The summed E-state index contributed by atoms with van der Waals surface area (Å²) in [7, 11) is 0. The zero-order valence-corrected chi connectivity index (χ0v) is 13.3. The number of aromatic nitrogens is 1. The maximum atomic E-state index is 12.3. The van der Waals surface area contributed by atoms with Gasteiger partial charge in [0.25, 0.3) is 5.56 Å². The Morgan fingerprint density at radius 2 is 2.00 bits per heavy atom. The summed E-state index contributed by atoms with van der Waals surface area (Å²) in [5, 5.41) is 20.3. The third kappa shape index (κ3) is 2.23. The number of benzene rings is 1. The molecule has 0 fully saturated rings. The van der Waals surface area contributed by atoms with Crippen molar-refractivity contribution in [3.8, 4) is 11.8 Å². The van der Waals surface area contributed by atoms with Gasteiger partial charge in [-0.05, 0) is 45.0 Å². The SMILES string of the molecule is CC1(C)Oc2ccc(C#N)cc2[C@@H](n2ccccc2=O)[C@]1(C)O. The predicted molar refractivity (Wildman–Crippen MR) is 85.3 cm³/mol. The fourth-order valence-electron chi connectivity index (χ4n) is 3.01. The van der Waals surface area contributed by atoms with Gasteiger partial charge >= 0.3 is 0 Å². The highest BCUT2D eigenvalue weighted by Crippen LogP contribution is 2.47. The number of nitriles is 1. The van der Waals surface area contributed by atoms with Gasteiger partial charge in [0.15, 0.2) is 0 Å². The smallest absolute Gasteiger partial charge is 0.251 e. The van der Waals surface area contributed by atoms with E-state index in [1.54, 1.807) is 57.3 Å². The molecule has 0 saturated heterocycles. The molecule has 1 aromatic heterocycles. The van der Waals surface area contributed by atoms with Gasteiger partial charge < -0.3 is 14.4 Å². The van der Waals surface area contributed by atoms with Crippen LogP contribution in [-0.2, 0) is 0 Å². The van der Waals surface area contributed by atoms with Crippen LogP contribution in [0.1, 0.15) is 37.9 Å². The number of ether oxygens (including phenoxy) is 1. The van der Waals surface area contributed by atoms with Crippen molar-refractivity contribution in [3.63, 3.8) is 0 Å². The highest BCUT2D eigenvalue weighted by molar-refractivity contribution is 5.47. The van der Waals surface area contributed by atoms with Gasteiger partial charge in [0.2, 0.25) is 0 Å². The number of hydrogen-bond donors (Lipinski definition) is 1. The van der Waals surface area contributed by atoms with E-state index in [9.17, 15) is 9.90 Å². The Hall–Kier alpha value is -2.58. The maximum absolute atomic E-state index is 12.3. The molecule has 5 nitrogen and oxygen atoms in total. The molecule has 0 spiro atoms. The van der Waals surface area contributed by atoms with Crippen LogP contribution in [0.25, 0.3) is 0 Å². The van der Waals surface area contributed by atoms with E-state index in [-0.39, 0.29) is 5.56 Å². The molecule has 1 aromatic carbocycles. The molecule has 3 rings (SSSR count). The molecule has 1 aliphatic rings. The minimum atomic E-state index is -1.35. The van der Waals surface area contributed by atoms with Crippen molar-refractivity contribution in [2.75, 3.05) is 0 Å². The molecule has 0 bridgehead atoms. The Morgan fingerprint density at radius 1 is 1.26 bits per heavy atom. The molecule has 0 unspecified atom stereocenters. The van der Waals surface area contributed by atoms with Crippen molar-refractivity contribution in [2.24, 2.45) is 0 Å². The van der Waals surface area contributed by atoms with Crippen LogP contribution in [0.4, 0.5) is 0 Å². The molecule has 0 amide bonds. The molecule has 2 atom stereocenters. The molecule has 5 heteroatoms. The first-order valence-corrected chi connectivity index (χ1v) is 7.40. The first kappa shape index (κ1) is 15.3. The van der Waals surface area contributed by atoms with Gasteiger partial charge in [-0.1, -0.05) is 6.07 Å². The highest BCUT2D eigenvalue weighted by Gasteiger charge is 2.53. The first-order chi connectivity index (χ1) is 10.8. The lowest BCUT2D eigenvalue weighted by Crippen LogP contribution is -2.60. The van der Waals surface area contributed by atoms with Crippen LogP contribution in [0.2, 0.25) is 0 Å². The van der Waals surface area contributed by atoms with Crippen molar-refractivity contribution in [3.05, 3.63) is 64.1 Å². The fourth-order valence-corrected chi connectivity index (χ4v) is 3.01. The average Bonchev–Trinajstić information content (AvgIpc) is 2.49. The molecule has 118 valence electrons.